The molecule has 0 aliphatic carbocycles. The van der Waals surface area contributed by atoms with E-state index in [2.05, 4.69) is 15.9 Å². The number of nitrogen functional groups attached to an aromatic ring is 1. The molecule has 0 atom stereocenters. The SMILES string of the molecule is CC1(O)CCN(C(=O)c2sc3cccc(Br)c3c2N)CC1. The van der Waals surface area contributed by atoms with Crippen molar-refractivity contribution in [3.8, 4) is 0 Å². The highest BCUT2D eigenvalue weighted by molar-refractivity contribution is 9.10. The molecule has 0 spiro atoms. The first kappa shape index (κ1) is 14.8. The number of aliphatic hydroxyl groups is 1. The topological polar surface area (TPSA) is 66.6 Å². The number of thiophene rings is 1. The van der Waals surface area contributed by atoms with Crippen molar-refractivity contribution in [3.05, 3.63) is 27.5 Å². The largest absolute Gasteiger partial charge is 0.397 e. The van der Waals surface area contributed by atoms with Gasteiger partial charge in [0.05, 0.1) is 11.3 Å². The molecular weight excluding hydrogens is 352 g/mol. The molecule has 1 aromatic heterocycles. The number of halogens is 1. The van der Waals surface area contributed by atoms with Gasteiger partial charge in [-0.15, -0.1) is 11.3 Å². The van der Waals surface area contributed by atoms with E-state index in [4.69, 9.17) is 5.73 Å². The van der Waals surface area contributed by atoms with Crippen molar-refractivity contribution in [2.45, 2.75) is 25.4 Å². The highest BCUT2D eigenvalue weighted by Crippen LogP contribution is 2.39. The number of piperidine rings is 1. The van der Waals surface area contributed by atoms with Gasteiger partial charge in [-0.25, -0.2) is 0 Å². The molecule has 1 fully saturated rings. The molecule has 4 nitrogen and oxygen atoms in total. The minimum absolute atomic E-state index is 0.0314. The van der Waals surface area contributed by atoms with Gasteiger partial charge in [-0.3, -0.25) is 4.79 Å². The number of anilines is 1. The van der Waals surface area contributed by atoms with Crippen LogP contribution in [-0.4, -0.2) is 34.6 Å². The van der Waals surface area contributed by atoms with Crippen molar-refractivity contribution in [2.24, 2.45) is 0 Å². The summed E-state index contributed by atoms with van der Waals surface area (Å²) >= 11 is 4.92. The summed E-state index contributed by atoms with van der Waals surface area (Å²) in [7, 11) is 0. The molecule has 2 aromatic rings. The molecule has 2 heterocycles. The van der Waals surface area contributed by atoms with Gasteiger partial charge in [-0.1, -0.05) is 22.0 Å². The van der Waals surface area contributed by atoms with Crippen LogP contribution in [0.5, 0.6) is 0 Å². The molecule has 0 bridgehead atoms. The Morgan fingerprint density at radius 3 is 2.71 bits per heavy atom. The number of hydrogen-bond donors (Lipinski definition) is 2. The van der Waals surface area contributed by atoms with Gasteiger partial charge in [-0.05, 0) is 31.9 Å². The Morgan fingerprint density at radius 1 is 1.43 bits per heavy atom. The maximum Gasteiger partial charge on any atom is 0.266 e. The number of likely N-dealkylation sites (tertiary alicyclic amines) is 1. The van der Waals surface area contributed by atoms with Gasteiger partial charge < -0.3 is 15.7 Å². The Labute approximate surface area is 135 Å². The van der Waals surface area contributed by atoms with Crippen LogP contribution in [0.4, 0.5) is 5.69 Å². The molecule has 1 aliphatic heterocycles. The fourth-order valence-electron chi connectivity index (χ4n) is 2.62. The van der Waals surface area contributed by atoms with Gasteiger partial charge in [0.25, 0.3) is 5.91 Å². The normalized spacial score (nSPS) is 18.1. The average Bonchev–Trinajstić information content (AvgIpc) is 2.77. The lowest BCUT2D eigenvalue weighted by atomic mass is 9.94. The fraction of sp³-hybridized carbons (Fsp3) is 0.400. The van der Waals surface area contributed by atoms with Gasteiger partial charge in [0.15, 0.2) is 0 Å². The highest BCUT2D eigenvalue weighted by atomic mass is 79.9. The molecule has 1 aliphatic rings. The Kier molecular flexibility index (Phi) is 3.71. The fourth-order valence-corrected chi connectivity index (χ4v) is 4.45. The molecular formula is C15H17BrN2O2S. The molecule has 6 heteroatoms. The zero-order chi connectivity index (χ0) is 15.2. The van der Waals surface area contributed by atoms with Crippen molar-refractivity contribution in [1.82, 2.24) is 4.90 Å². The van der Waals surface area contributed by atoms with Crippen molar-refractivity contribution in [1.29, 1.82) is 0 Å². The first-order valence-electron chi connectivity index (χ1n) is 6.87. The van der Waals surface area contributed by atoms with E-state index in [1.165, 1.54) is 11.3 Å². The quantitative estimate of drug-likeness (QED) is 0.811. The summed E-state index contributed by atoms with van der Waals surface area (Å²) in [6.07, 6.45) is 1.21. The van der Waals surface area contributed by atoms with Gasteiger partial charge in [0, 0.05) is 27.6 Å². The van der Waals surface area contributed by atoms with E-state index >= 15 is 0 Å². The number of carbonyl (C=O) groups is 1. The molecule has 0 radical (unpaired) electrons. The molecule has 1 saturated heterocycles. The summed E-state index contributed by atoms with van der Waals surface area (Å²) in [5.41, 5.74) is 6.07. The van der Waals surface area contributed by atoms with Gasteiger partial charge in [0.1, 0.15) is 4.88 Å². The third-order valence-corrected chi connectivity index (χ3v) is 5.84. The van der Waals surface area contributed by atoms with Crippen LogP contribution in [0.2, 0.25) is 0 Å². The van der Waals surface area contributed by atoms with Crippen LogP contribution in [0.3, 0.4) is 0 Å². The summed E-state index contributed by atoms with van der Waals surface area (Å²) < 4.78 is 1.92. The van der Waals surface area contributed by atoms with Crippen LogP contribution in [0.1, 0.15) is 29.4 Å². The number of nitrogens with zero attached hydrogens (tertiary/aromatic N) is 1. The number of fused-ring (bicyclic) bond motifs is 1. The van der Waals surface area contributed by atoms with Crippen LogP contribution < -0.4 is 5.73 Å². The number of nitrogens with two attached hydrogens (primary N) is 1. The molecule has 1 amide bonds. The lowest BCUT2D eigenvalue weighted by Crippen LogP contribution is -2.45. The van der Waals surface area contributed by atoms with E-state index in [1.807, 2.05) is 25.1 Å². The Hall–Kier alpha value is -1.11. The van der Waals surface area contributed by atoms with Gasteiger partial charge in [0.2, 0.25) is 0 Å². The second-order valence-corrected chi connectivity index (χ2v) is 7.65. The minimum atomic E-state index is -0.661. The molecule has 3 N–H and O–H groups in total. The van der Waals surface area contributed by atoms with Crippen molar-refractivity contribution in [2.75, 3.05) is 18.8 Å². The van der Waals surface area contributed by atoms with Crippen molar-refractivity contribution >= 4 is 48.9 Å². The molecule has 0 unspecified atom stereocenters. The highest BCUT2D eigenvalue weighted by Gasteiger charge is 2.31. The standard InChI is InChI=1S/C15H17BrN2O2S/c1-15(20)5-7-18(8-6-15)14(19)13-12(17)11-9(16)3-2-4-10(11)21-13/h2-4,20H,5-8,17H2,1H3. The predicted molar refractivity (Wildman–Crippen MR) is 89.7 cm³/mol. The zero-order valence-corrected chi connectivity index (χ0v) is 14.1. The second kappa shape index (κ2) is 5.26. The second-order valence-electron chi connectivity index (χ2n) is 5.75. The van der Waals surface area contributed by atoms with Crippen LogP contribution in [0.15, 0.2) is 22.7 Å². The first-order chi connectivity index (χ1) is 9.89. The molecule has 1 aromatic carbocycles. The number of carbonyl (C=O) groups excluding carboxylic acids is 1. The zero-order valence-electron chi connectivity index (χ0n) is 11.7. The average molecular weight is 369 g/mol. The van der Waals surface area contributed by atoms with Gasteiger partial charge >= 0.3 is 0 Å². The van der Waals surface area contributed by atoms with E-state index in [0.29, 0.717) is 36.5 Å². The maximum absolute atomic E-state index is 12.7. The van der Waals surface area contributed by atoms with Crippen LogP contribution in [0.25, 0.3) is 10.1 Å². The van der Waals surface area contributed by atoms with Crippen LogP contribution >= 0.6 is 27.3 Å². The number of benzene rings is 1. The number of rotatable bonds is 1. The van der Waals surface area contributed by atoms with E-state index in [0.717, 1.165) is 14.6 Å². The smallest absolute Gasteiger partial charge is 0.266 e. The van der Waals surface area contributed by atoms with E-state index in [9.17, 15) is 9.90 Å². The molecule has 3 rings (SSSR count). The maximum atomic E-state index is 12.7. The Bertz CT molecular complexity index is 701. The van der Waals surface area contributed by atoms with Crippen LogP contribution in [-0.2, 0) is 0 Å². The lowest BCUT2D eigenvalue weighted by Gasteiger charge is -2.35. The Balaban J connectivity index is 1.92. The first-order valence-corrected chi connectivity index (χ1v) is 8.48. The number of hydrogen-bond acceptors (Lipinski definition) is 4. The molecule has 0 saturated carbocycles. The summed E-state index contributed by atoms with van der Waals surface area (Å²) in [6.45, 7) is 2.96. The Morgan fingerprint density at radius 2 is 2.10 bits per heavy atom. The third kappa shape index (κ3) is 2.67. The number of amides is 1. The summed E-state index contributed by atoms with van der Waals surface area (Å²) in [6, 6.07) is 5.84. The van der Waals surface area contributed by atoms with Crippen LogP contribution in [0, 0.1) is 0 Å². The van der Waals surface area contributed by atoms with E-state index in [-0.39, 0.29) is 5.91 Å². The molecule has 21 heavy (non-hydrogen) atoms. The predicted octanol–water partition coefficient (Wildman–Crippen LogP) is 3.23. The van der Waals surface area contributed by atoms with Crippen molar-refractivity contribution in [3.63, 3.8) is 0 Å². The minimum Gasteiger partial charge on any atom is -0.397 e. The van der Waals surface area contributed by atoms with Gasteiger partial charge in [-0.2, -0.15) is 0 Å². The monoisotopic (exact) mass is 368 g/mol. The third-order valence-electron chi connectivity index (χ3n) is 4.02. The summed E-state index contributed by atoms with van der Waals surface area (Å²) in [5, 5.41) is 10.9. The van der Waals surface area contributed by atoms with E-state index < -0.39 is 5.60 Å². The molecule has 112 valence electrons. The summed E-state index contributed by atoms with van der Waals surface area (Å²) in [5.74, 6) is -0.0314. The lowest BCUT2D eigenvalue weighted by molar-refractivity contribution is -0.00184. The van der Waals surface area contributed by atoms with E-state index in [1.54, 1.807) is 4.90 Å². The summed E-state index contributed by atoms with van der Waals surface area (Å²) in [4.78, 5) is 15.1. The van der Waals surface area contributed by atoms with Crippen molar-refractivity contribution < 1.29 is 9.90 Å².